The van der Waals surface area contributed by atoms with Crippen LogP contribution in [0.25, 0.3) is 0 Å². The molecule has 0 fully saturated rings. The summed E-state index contributed by atoms with van der Waals surface area (Å²) >= 11 is 0. The van der Waals surface area contributed by atoms with Crippen molar-refractivity contribution in [2.24, 2.45) is 0 Å². The number of nitro groups is 1. The van der Waals surface area contributed by atoms with E-state index in [1.807, 2.05) is 0 Å². The molecule has 8 nitrogen and oxygen atoms in total. The van der Waals surface area contributed by atoms with E-state index in [-0.39, 0.29) is 13.1 Å². The predicted octanol–water partition coefficient (Wildman–Crippen LogP) is -0.460. The lowest BCUT2D eigenvalue weighted by atomic mass is 10.4. The van der Waals surface area contributed by atoms with Crippen LogP contribution in [0.1, 0.15) is 13.8 Å². The predicted molar refractivity (Wildman–Crippen MR) is 57.4 cm³/mol. The molecule has 0 aliphatic rings. The Kier molecular flexibility index (Phi) is 3.11. The Morgan fingerprint density at radius 2 is 1.75 bits per heavy atom. The number of nitrogen functional groups attached to an aromatic ring is 1. The van der Waals surface area contributed by atoms with E-state index in [9.17, 15) is 19.7 Å². The van der Waals surface area contributed by atoms with Crippen molar-refractivity contribution in [2.75, 3.05) is 5.73 Å². The minimum Gasteiger partial charge on any atom is -0.379 e. The van der Waals surface area contributed by atoms with Gasteiger partial charge in [-0.3, -0.25) is 24.0 Å². The molecule has 0 unspecified atom stereocenters. The van der Waals surface area contributed by atoms with Gasteiger partial charge < -0.3 is 5.73 Å². The fraction of sp³-hybridized carbons (Fsp3) is 0.500. The van der Waals surface area contributed by atoms with Gasteiger partial charge in [0.05, 0.1) is 4.92 Å². The summed E-state index contributed by atoms with van der Waals surface area (Å²) in [5.74, 6) is -0.396. The molecule has 1 aromatic rings. The Bertz CT molecular complexity index is 542. The van der Waals surface area contributed by atoms with Crippen LogP contribution in [0.4, 0.5) is 11.5 Å². The molecule has 1 heterocycles. The first-order chi connectivity index (χ1) is 7.45. The Hall–Kier alpha value is -2.12. The molecular weight excluding hydrogens is 216 g/mol. The molecule has 2 N–H and O–H groups in total. The number of aromatic nitrogens is 2. The molecule has 0 amide bonds. The molecule has 0 radical (unpaired) electrons. The van der Waals surface area contributed by atoms with Gasteiger partial charge in [-0.25, -0.2) is 4.79 Å². The first-order valence-corrected chi connectivity index (χ1v) is 4.73. The van der Waals surface area contributed by atoms with Gasteiger partial charge in [0.1, 0.15) is 0 Å². The summed E-state index contributed by atoms with van der Waals surface area (Å²) in [5.41, 5.74) is 3.10. The zero-order valence-corrected chi connectivity index (χ0v) is 8.97. The van der Waals surface area contributed by atoms with Crippen molar-refractivity contribution in [1.82, 2.24) is 9.13 Å². The lowest BCUT2D eigenvalue weighted by molar-refractivity contribution is -0.386. The van der Waals surface area contributed by atoms with E-state index in [1.54, 1.807) is 13.8 Å². The Morgan fingerprint density at radius 3 is 2.12 bits per heavy atom. The highest BCUT2D eigenvalue weighted by atomic mass is 16.6. The van der Waals surface area contributed by atoms with Crippen LogP contribution in [0.2, 0.25) is 0 Å². The average Bonchev–Trinajstić information content (AvgIpc) is 2.18. The summed E-state index contributed by atoms with van der Waals surface area (Å²) in [6, 6.07) is 0. The van der Waals surface area contributed by atoms with Crippen molar-refractivity contribution < 1.29 is 4.92 Å². The maximum atomic E-state index is 11.7. The first-order valence-electron chi connectivity index (χ1n) is 4.73. The van der Waals surface area contributed by atoms with Gasteiger partial charge in [0.15, 0.2) is 5.82 Å². The Balaban J connectivity index is 3.85. The smallest absolute Gasteiger partial charge is 0.374 e. The van der Waals surface area contributed by atoms with Gasteiger partial charge in [0.2, 0.25) is 0 Å². The van der Waals surface area contributed by atoms with Crippen LogP contribution in [-0.2, 0) is 13.1 Å². The second kappa shape index (κ2) is 4.17. The van der Waals surface area contributed by atoms with E-state index in [2.05, 4.69) is 0 Å². The molecule has 0 saturated heterocycles. The van der Waals surface area contributed by atoms with E-state index in [0.29, 0.717) is 0 Å². The zero-order chi connectivity index (χ0) is 12.5. The van der Waals surface area contributed by atoms with Crippen LogP contribution >= 0.6 is 0 Å². The van der Waals surface area contributed by atoms with Crippen LogP contribution in [0.3, 0.4) is 0 Å². The van der Waals surface area contributed by atoms with Crippen LogP contribution in [0.15, 0.2) is 9.59 Å². The minimum atomic E-state index is -0.959. The molecule has 8 heteroatoms. The van der Waals surface area contributed by atoms with Crippen LogP contribution < -0.4 is 17.0 Å². The van der Waals surface area contributed by atoms with Crippen molar-refractivity contribution in [2.45, 2.75) is 26.9 Å². The highest BCUT2D eigenvalue weighted by Gasteiger charge is 2.24. The van der Waals surface area contributed by atoms with Gasteiger partial charge in [-0.15, -0.1) is 0 Å². The number of nitrogens with zero attached hydrogens (tertiary/aromatic N) is 3. The van der Waals surface area contributed by atoms with Crippen molar-refractivity contribution in [3.63, 3.8) is 0 Å². The second-order valence-corrected chi connectivity index (χ2v) is 3.07. The van der Waals surface area contributed by atoms with Gasteiger partial charge in [-0.2, -0.15) is 0 Å². The third kappa shape index (κ3) is 1.58. The van der Waals surface area contributed by atoms with E-state index in [1.165, 1.54) is 0 Å². The molecule has 0 aromatic carbocycles. The van der Waals surface area contributed by atoms with E-state index < -0.39 is 27.7 Å². The number of hydrogen-bond donors (Lipinski definition) is 1. The molecule has 0 spiro atoms. The third-order valence-electron chi connectivity index (χ3n) is 2.26. The van der Waals surface area contributed by atoms with Crippen molar-refractivity contribution >= 4 is 11.5 Å². The maximum absolute atomic E-state index is 11.7. The first kappa shape index (κ1) is 12.0. The second-order valence-electron chi connectivity index (χ2n) is 3.07. The van der Waals surface area contributed by atoms with Crippen molar-refractivity contribution in [3.8, 4) is 0 Å². The summed E-state index contributed by atoms with van der Waals surface area (Å²) < 4.78 is 1.79. The summed E-state index contributed by atoms with van der Waals surface area (Å²) in [5, 5.41) is 10.7. The molecule has 0 bridgehead atoms. The molecule has 88 valence electrons. The van der Waals surface area contributed by atoms with Crippen molar-refractivity contribution in [3.05, 3.63) is 31.0 Å². The summed E-state index contributed by atoms with van der Waals surface area (Å²) in [6.07, 6.45) is 0. The van der Waals surface area contributed by atoms with Crippen molar-refractivity contribution in [1.29, 1.82) is 0 Å². The summed E-state index contributed by atoms with van der Waals surface area (Å²) in [7, 11) is 0. The van der Waals surface area contributed by atoms with Crippen LogP contribution in [-0.4, -0.2) is 14.1 Å². The average molecular weight is 228 g/mol. The fourth-order valence-electron chi connectivity index (χ4n) is 1.46. The van der Waals surface area contributed by atoms with Gasteiger partial charge in [0, 0.05) is 13.1 Å². The third-order valence-corrected chi connectivity index (χ3v) is 2.26. The monoisotopic (exact) mass is 228 g/mol. The number of nitrogens with two attached hydrogens (primary N) is 1. The quantitative estimate of drug-likeness (QED) is 0.555. The van der Waals surface area contributed by atoms with E-state index in [4.69, 9.17) is 5.73 Å². The molecule has 16 heavy (non-hydrogen) atoms. The molecule has 0 aliphatic carbocycles. The SMILES string of the molecule is CCn1c(N)c([N+](=O)[O-])c(=O)n(CC)c1=O. The van der Waals surface area contributed by atoms with Gasteiger partial charge in [0.25, 0.3) is 0 Å². The van der Waals surface area contributed by atoms with Crippen LogP contribution in [0.5, 0.6) is 0 Å². The molecule has 0 atom stereocenters. The lowest BCUT2D eigenvalue weighted by Crippen LogP contribution is -2.41. The number of rotatable bonds is 3. The normalized spacial score (nSPS) is 10.4. The van der Waals surface area contributed by atoms with Crippen LogP contribution in [0, 0.1) is 10.1 Å². The molecule has 0 aliphatic heterocycles. The fourth-order valence-corrected chi connectivity index (χ4v) is 1.46. The highest BCUT2D eigenvalue weighted by molar-refractivity contribution is 5.50. The largest absolute Gasteiger partial charge is 0.379 e. The van der Waals surface area contributed by atoms with Gasteiger partial charge in [-0.1, -0.05) is 0 Å². The zero-order valence-electron chi connectivity index (χ0n) is 8.97. The van der Waals surface area contributed by atoms with E-state index >= 15 is 0 Å². The number of hydrogen-bond acceptors (Lipinski definition) is 5. The Morgan fingerprint density at radius 1 is 1.25 bits per heavy atom. The highest BCUT2D eigenvalue weighted by Crippen LogP contribution is 2.12. The molecule has 0 saturated carbocycles. The number of anilines is 1. The Labute approximate surface area is 90.1 Å². The summed E-state index contributed by atoms with van der Waals surface area (Å²) in [4.78, 5) is 33.1. The minimum absolute atomic E-state index is 0.0682. The summed E-state index contributed by atoms with van der Waals surface area (Å²) in [6.45, 7) is 3.42. The lowest BCUT2D eigenvalue weighted by Gasteiger charge is -2.09. The maximum Gasteiger partial charge on any atom is 0.374 e. The standard InChI is InChI=1S/C8H12N4O4/c1-3-10-6(9)5(12(15)16)7(13)11(4-2)8(10)14/h3-4,9H2,1-2H3. The van der Waals surface area contributed by atoms with E-state index in [0.717, 1.165) is 9.13 Å². The topological polar surface area (TPSA) is 113 Å². The van der Waals surface area contributed by atoms with Gasteiger partial charge >= 0.3 is 16.9 Å². The molecular formula is C8H12N4O4. The van der Waals surface area contributed by atoms with Gasteiger partial charge in [-0.05, 0) is 13.8 Å². The molecule has 1 aromatic heterocycles. The molecule has 1 rings (SSSR count).